The first kappa shape index (κ1) is 15.5. The van der Waals surface area contributed by atoms with Crippen LogP contribution in [0, 0.1) is 0 Å². The van der Waals surface area contributed by atoms with E-state index in [0.717, 1.165) is 5.56 Å². The molecule has 1 aromatic heterocycles. The predicted molar refractivity (Wildman–Crippen MR) is 83.9 cm³/mol. The first-order chi connectivity index (χ1) is 11.0. The zero-order valence-electron chi connectivity index (χ0n) is 12.8. The molecule has 1 N–H and O–H groups in total. The molecule has 2 heterocycles. The summed E-state index contributed by atoms with van der Waals surface area (Å²) in [6, 6.07) is 7.34. The van der Waals surface area contributed by atoms with Crippen LogP contribution in [0.25, 0.3) is 0 Å². The third-order valence-corrected chi connectivity index (χ3v) is 5.58. The summed E-state index contributed by atoms with van der Waals surface area (Å²) in [5, 5.41) is 5.90. The molecule has 1 aliphatic heterocycles. The molecule has 0 fully saturated rings. The number of nitrogens with one attached hydrogen (secondary N) is 1. The number of hydrogen-bond acceptors (Lipinski definition) is 5. The zero-order chi connectivity index (χ0) is 16.6. The van der Waals surface area contributed by atoms with Crippen LogP contribution in [0.1, 0.15) is 35.7 Å². The highest BCUT2D eigenvalue weighted by Gasteiger charge is 2.37. The standard InChI is InChI=1S/C15H17N3O4S/c1-3-22-15(19)12-8-16-17-14(12)23(20,21)18-9-10(2)11-6-4-5-7-13(11)18/h4-8,10H,3,9H2,1-2H3,(H,16,17). The van der Waals surface area contributed by atoms with Crippen molar-refractivity contribution < 1.29 is 17.9 Å². The van der Waals surface area contributed by atoms with E-state index in [1.54, 1.807) is 19.1 Å². The van der Waals surface area contributed by atoms with Gasteiger partial charge in [0, 0.05) is 12.5 Å². The van der Waals surface area contributed by atoms with Gasteiger partial charge in [0.25, 0.3) is 10.0 Å². The van der Waals surface area contributed by atoms with E-state index < -0.39 is 16.0 Å². The molecular formula is C15H17N3O4S. The van der Waals surface area contributed by atoms with Crippen LogP contribution >= 0.6 is 0 Å². The fourth-order valence-corrected chi connectivity index (χ4v) is 4.39. The molecule has 1 atom stereocenters. The number of rotatable bonds is 4. The number of aromatic nitrogens is 2. The molecule has 23 heavy (non-hydrogen) atoms. The summed E-state index contributed by atoms with van der Waals surface area (Å²) in [7, 11) is -3.92. The highest BCUT2D eigenvalue weighted by molar-refractivity contribution is 7.92. The first-order valence-electron chi connectivity index (χ1n) is 7.29. The lowest BCUT2D eigenvalue weighted by atomic mass is 10.0. The van der Waals surface area contributed by atoms with E-state index in [-0.39, 0.29) is 23.1 Å². The smallest absolute Gasteiger partial charge is 0.342 e. The van der Waals surface area contributed by atoms with Crippen molar-refractivity contribution in [2.45, 2.75) is 24.8 Å². The Kier molecular flexibility index (Phi) is 3.85. The Balaban J connectivity index is 2.05. The number of carbonyl (C=O) groups is 1. The van der Waals surface area contributed by atoms with Crippen molar-refractivity contribution in [3.63, 3.8) is 0 Å². The molecule has 1 aliphatic rings. The highest BCUT2D eigenvalue weighted by Crippen LogP contribution is 2.39. The summed E-state index contributed by atoms with van der Waals surface area (Å²) < 4.78 is 32.2. The fourth-order valence-electron chi connectivity index (χ4n) is 2.74. The normalized spacial score (nSPS) is 17.1. The summed E-state index contributed by atoms with van der Waals surface area (Å²) in [6.45, 7) is 4.11. The van der Waals surface area contributed by atoms with Crippen LogP contribution in [0.5, 0.6) is 0 Å². The number of para-hydroxylation sites is 1. The minimum absolute atomic E-state index is 0.0786. The maximum atomic E-state index is 13.0. The second-order valence-electron chi connectivity index (χ2n) is 5.33. The van der Waals surface area contributed by atoms with Crippen LogP contribution < -0.4 is 4.31 Å². The van der Waals surface area contributed by atoms with Gasteiger partial charge < -0.3 is 4.74 Å². The number of sulfonamides is 1. The van der Waals surface area contributed by atoms with Gasteiger partial charge in [0.2, 0.25) is 0 Å². The van der Waals surface area contributed by atoms with Crippen LogP contribution in [0.3, 0.4) is 0 Å². The number of ether oxygens (including phenoxy) is 1. The topological polar surface area (TPSA) is 92.4 Å². The molecule has 7 nitrogen and oxygen atoms in total. The van der Waals surface area contributed by atoms with Gasteiger partial charge in [-0.25, -0.2) is 4.79 Å². The van der Waals surface area contributed by atoms with Crippen LogP contribution in [0.2, 0.25) is 0 Å². The van der Waals surface area contributed by atoms with Crippen LogP contribution in [0.15, 0.2) is 35.5 Å². The van der Waals surface area contributed by atoms with Crippen LogP contribution in [-0.2, 0) is 14.8 Å². The monoisotopic (exact) mass is 335 g/mol. The summed E-state index contributed by atoms with van der Waals surface area (Å²) in [6.07, 6.45) is 1.18. The minimum Gasteiger partial charge on any atom is -0.462 e. The Morgan fingerprint density at radius 1 is 1.43 bits per heavy atom. The molecule has 1 aromatic carbocycles. The van der Waals surface area contributed by atoms with Crippen molar-refractivity contribution >= 4 is 21.7 Å². The third-order valence-electron chi connectivity index (χ3n) is 3.82. The summed E-state index contributed by atoms with van der Waals surface area (Å²) in [5.41, 5.74) is 1.52. The lowest BCUT2D eigenvalue weighted by Gasteiger charge is -2.19. The molecule has 0 bridgehead atoms. The van der Waals surface area contributed by atoms with Crippen molar-refractivity contribution in [1.82, 2.24) is 10.2 Å². The predicted octanol–water partition coefficient (Wildman–Crippen LogP) is 1.90. The number of carbonyl (C=O) groups excluding carboxylic acids is 1. The van der Waals surface area contributed by atoms with E-state index in [0.29, 0.717) is 12.2 Å². The van der Waals surface area contributed by atoms with Crippen molar-refractivity contribution in [3.8, 4) is 0 Å². The van der Waals surface area contributed by atoms with E-state index in [1.165, 1.54) is 10.5 Å². The molecule has 0 saturated carbocycles. The number of fused-ring (bicyclic) bond motifs is 1. The molecule has 0 spiro atoms. The van der Waals surface area contributed by atoms with Crippen molar-refractivity contribution in [1.29, 1.82) is 0 Å². The van der Waals surface area contributed by atoms with Gasteiger partial charge in [-0.2, -0.15) is 13.5 Å². The average Bonchev–Trinajstić information content (AvgIpc) is 3.14. The van der Waals surface area contributed by atoms with Crippen LogP contribution in [0.4, 0.5) is 5.69 Å². The fraction of sp³-hybridized carbons (Fsp3) is 0.333. The number of H-pyrrole nitrogens is 1. The first-order valence-corrected chi connectivity index (χ1v) is 8.73. The van der Waals surface area contributed by atoms with E-state index in [1.807, 2.05) is 19.1 Å². The van der Waals surface area contributed by atoms with Gasteiger partial charge in [0.05, 0.1) is 18.5 Å². The van der Waals surface area contributed by atoms with E-state index in [4.69, 9.17) is 4.74 Å². The number of aromatic amines is 1. The molecule has 0 radical (unpaired) electrons. The van der Waals surface area contributed by atoms with E-state index >= 15 is 0 Å². The summed E-state index contributed by atoms with van der Waals surface area (Å²) >= 11 is 0. The van der Waals surface area contributed by atoms with Crippen molar-refractivity contribution in [2.75, 3.05) is 17.5 Å². The molecular weight excluding hydrogens is 318 g/mol. The van der Waals surface area contributed by atoms with Gasteiger partial charge in [-0.15, -0.1) is 0 Å². The van der Waals surface area contributed by atoms with Gasteiger partial charge >= 0.3 is 5.97 Å². The Bertz CT molecular complexity index is 844. The Hall–Kier alpha value is -2.35. The molecule has 0 saturated heterocycles. The molecule has 122 valence electrons. The number of benzene rings is 1. The second kappa shape index (κ2) is 5.69. The second-order valence-corrected chi connectivity index (χ2v) is 7.13. The number of hydrogen-bond donors (Lipinski definition) is 1. The molecule has 1 unspecified atom stereocenters. The van der Waals surface area contributed by atoms with E-state index in [9.17, 15) is 13.2 Å². The lowest BCUT2D eigenvalue weighted by Crippen LogP contribution is -2.31. The minimum atomic E-state index is -3.92. The Morgan fingerprint density at radius 3 is 2.91 bits per heavy atom. The molecule has 2 aromatic rings. The molecule has 8 heteroatoms. The summed E-state index contributed by atoms with van der Waals surface area (Å²) in [5.74, 6) is -0.629. The van der Waals surface area contributed by atoms with E-state index in [2.05, 4.69) is 10.2 Å². The quantitative estimate of drug-likeness (QED) is 0.862. The average molecular weight is 335 g/mol. The number of nitrogens with zero attached hydrogens (tertiary/aromatic N) is 2. The Morgan fingerprint density at radius 2 is 2.17 bits per heavy atom. The Labute approximate surface area is 134 Å². The third kappa shape index (κ3) is 2.48. The van der Waals surface area contributed by atoms with Crippen LogP contribution in [-0.4, -0.2) is 37.7 Å². The van der Waals surface area contributed by atoms with Gasteiger partial charge in [0.1, 0.15) is 5.56 Å². The maximum absolute atomic E-state index is 13.0. The van der Waals surface area contributed by atoms with Gasteiger partial charge in [-0.3, -0.25) is 9.40 Å². The lowest BCUT2D eigenvalue weighted by molar-refractivity contribution is 0.0522. The number of esters is 1. The summed E-state index contributed by atoms with van der Waals surface area (Å²) in [4.78, 5) is 11.9. The number of anilines is 1. The molecule has 3 rings (SSSR count). The maximum Gasteiger partial charge on any atom is 0.342 e. The molecule has 0 aliphatic carbocycles. The van der Waals surface area contributed by atoms with Crippen molar-refractivity contribution in [3.05, 3.63) is 41.6 Å². The highest BCUT2D eigenvalue weighted by atomic mass is 32.2. The van der Waals surface area contributed by atoms with Crippen molar-refractivity contribution in [2.24, 2.45) is 0 Å². The SMILES string of the molecule is CCOC(=O)c1cn[nH]c1S(=O)(=O)N1CC(C)c2ccccc21. The largest absolute Gasteiger partial charge is 0.462 e. The van der Waals surface area contributed by atoms with Gasteiger partial charge in [0.15, 0.2) is 5.03 Å². The van der Waals surface area contributed by atoms with Gasteiger partial charge in [-0.05, 0) is 18.6 Å². The van der Waals surface area contributed by atoms with Gasteiger partial charge in [-0.1, -0.05) is 25.1 Å². The zero-order valence-corrected chi connectivity index (χ0v) is 13.6. The molecule has 0 amide bonds.